The lowest BCUT2D eigenvalue weighted by Gasteiger charge is -2.16. The van der Waals surface area contributed by atoms with Gasteiger partial charge in [0.1, 0.15) is 5.75 Å². The van der Waals surface area contributed by atoms with Crippen LogP contribution in [0.25, 0.3) is 0 Å². The van der Waals surface area contributed by atoms with Crippen LogP contribution in [0.15, 0.2) is 18.5 Å². The van der Waals surface area contributed by atoms with Crippen LogP contribution >= 0.6 is 0 Å². The topological polar surface area (TPSA) is 65.2 Å². The van der Waals surface area contributed by atoms with Gasteiger partial charge in [0.05, 0.1) is 12.8 Å². The standard InChI is InChI=1S/C15H24N2O2/c1-4-5-19-14-7-13(9-17-10-14)15(18)12(8-16)6-11(2)3/h7,9-12H,4-6,8,16H2,1-3H3. The van der Waals surface area contributed by atoms with Gasteiger partial charge in [0, 0.05) is 24.2 Å². The van der Waals surface area contributed by atoms with Gasteiger partial charge in [0.2, 0.25) is 0 Å². The minimum atomic E-state index is -0.136. The normalized spacial score (nSPS) is 12.5. The molecular formula is C15H24N2O2. The molecule has 0 spiro atoms. The molecule has 0 aromatic carbocycles. The highest BCUT2D eigenvalue weighted by molar-refractivity contribution is 5.98. The smallest absolute Gasteiger partial charge is 0.168 e. The number of Topliss-reactive ketones (excluding diaryl/α,β-unsaturated/α-hetero) is 1. The number of carbonyl (C=O) groups excluding carboxylic acids is 1. The Bertz CT molecular complexity index is 405. The molecule has 1 aromatic heterocycles. The van der Waals surface area contributed by atoms with Crippen molar-refractivity contribution in [1.82, 2.24) is 4.98 Å². The van der Waals surface area contributed by atoms with Gasteiger partial charge in [-0.05, 0) is 24.8 Å². The van der Waals surface area contributed by atoms with Crippen molar-refractivity contribution in [2.75, 3.05) is 13.2 Å². The lowest BCUT2D eigenvalue weighted by atomic mass is 9.90. The second kappa shape index (κ2) is 7.89. The number of carbonyl (C=O) groups is 1. The zero-order valence-electron chi connectivity index (χ0n) is 12.1. The van der Waals surface area contributed by atoms with Crippen LogP contribution in [0.1, 0.15) is 44.0 Å². The highest BCUT2D eigenvalue weighted by atomic mass is 16.5. The molecular weight excluding hydrogens is 240 g/mol. The Labute approximate surface area is 115 Å². The van der Waals surface area contributed by atoms with Gasteiger partial charge in [-0.2, -0.15) is 0 Å². The number of hydrogen-bond acceptors (Lipinski definition) is 4. The maximum Gasteiger partial charge on any atom is 0.168 e. The summed E-state index contributed by atoms with van der Waals surface area (Å²) in [5.74, 6) is 1.02. The van der Waals surface area contributed by atoms with Gasteiger partial charge in [-0.25, -0.2) is 0 Å². The quantitative estimate of drug-likeness (QED) is 0.733. The molecule has 2 N–H and O–H groups in total. The first-order chi connectivity index (χ1) is 9.08. The highest BCUT2D eigenvalue weighted by Gasteiger charge is 2.20. The highest BCUT2D eigenvalue weighted by Crippen LogP contribution is 2.19. The fourth-order valence-electron chi connectivity index (χ4n) is 1.97. The lowest BCUT2D eigenvalue weighted by Crippen LogP contribution is -2.25. The molecule has 1 atom stereocenters. The molecule has 0 aliphatic carbocycles. The van der Waals surface area contributed by atoms with Crippen molar-refractivity contribution in [2.24, 2.45) is 17.6 Å². The molecule has 1 rings (SSSR count). The number of pyridine rings is 1. The van der Waals surface area contributed by atoms with Crippen LogP contribution in [0.3, 0.4) is 0 Å². The van der Waals surface area contributed by atoms with E-state index in [1.54, 1.807) is 18.5 Å². The van der Waals surface area contributed by atoms with E-state index in [0.29, 0.717) is 30.4 Å². The molecule has 0 saturated carbocycles. The Kier molecular flexibility index (Phi) is 6.50. The van der Waals surface area contributed by atoms with Gasteiger partial charge in [0.25, 0.3) is 0 Å². The molecule has 0 aliphatic heterocycles. The van der Waals surface area contributed by atoms with E-state index < -0.39 is 0 Å². The molecule has 19 heavy (non-hydrogen) atoms. The van der Waals surface area contributed by atoms with Crippen LogP contribution in [-0.2, 0) is 0 Å². The number of hydrogen-bond donors (Lipinski definition) is 1. The minimum Gasteiger partial charge on any atom is -0.492 e. The zero-order valence-corrected chi connectivity index (χ0v) is 12.1. The predicted molar refractivity (Wildman–Crippen MR) is 76.4 cm³/mol. The number of nitrogens with two attached hydrogens (primary N) is 1. The number of ether oxygens (including phenoxy) is 1. The van der Waals surface area contributed by atoms with E-state index in [1.165, 1.54) is 0 Å². The van der Waals surface area contributed by atoms with E-state index in [0.717, 1.165) is 12.8 Å². The molecule has 0 fully saturated rings. The maximum absolute atomic E-state index is 12.4. The van der Waals surface area contributed by atoms with Crippen molar-refractivity contribution in [2.45, 2.75) is 33.6 Å². The third kappa shape index (κ3) is 4.99. The SMILES string of the molecule is CCCOc1cncc(C(=O)C(CN)CC(C)C)c1. The second-order valence-electron chi connectivity index (χ2n) is 5.18. The molecule has 106 valence electrons. The van der Waals surface area contributed by atoms with Gasteiger partial charge in [-0.15, -0.1) is 0 Å². The lowest BCUT2D eigenvalue weighted by molar-refractivity contribution is 0.0908. The molecule has 4 nitrogen and oxygen atoms in total. The summed E-state index contributed by atoms with van der Waals surface area (Å²) in [6.07, 6.45) is 4.95. The Balaban J connectivity index is 2.79. The average Bonchev–Trinajstić information content (AvgIpc) is 2.41. The zero-order chi connectivity index (χ0) is 14.3. The van der Waals surface area contributed by atoms with Gasteiger partial charge in [0.15, 0.2) is 5.78 Å². The van der Waals surface area contributed by atoms with Crippen LogP contribution in [0.5, 0.6) is 5.75 Å². The summed E-state index contributed by atoms with van der Waals surface area (Å²) in [6, 6.07) is 1.76. The number of aromatic nitrogens is 1. The Morgan fingerprint density at radius 1 is 1.42 bits per heavy atom. The molecule has 0 amide bonds. The van der Waals surface area contributed by atoms with Gasteiger partial charge in [-0.1, -0.05) is 20.8 Å². The molecule has 1 heterocycles. The first-order valence-electron chi connectivity index (χ1n) is 6.90. The Morgan fingerprint density at radius 3 is 2.74 bits per heavy atom. The first-order valence-corrected chi connectivity index (χ1v) is 6.90. The fraction of sp³-hybridized carbons (Fsp3) is 0.600. The van der Waals surface area contributed by atoms with Gasteiger partial charge >= 0.3 is 0 Å². The van der Waals surface area contributed by atoms with Crippen LogP contribution < -0.4 is 10.5 Å². The molecule has 0 aliphatic rings. The van der Waals surface area contributed by atoms with E-state index in [2.05, 4.69) is 18.8 Å². The van der Waals surface area contributed by atoms with Crippen molar-refractivity contribution >= 4 is 5.78 Å². The molecule has 4 heteroatoms. The number of nitrogens with zero attached hydrogens (tertiary/aromatic N) is 1. The van der Waals surface area contributed by atoms with Crippen LogP contribution in [-0.4, -0.2) is 23.9 Å². The molecule has 0 radical (unpaired) electrons. The predicted octanol–water partition coefficient (Wildman–Crippen LogP) is 2.67. The van der Waals surface area contributed by atoms with E-state index in [1.807, 2.05) is 6.92 Å². The summed E-state index contributed by atoms with van der Waals surface area (Å²) in [5, 5.41) is 0. The van der Waals surface area contributed by atoms with Crippen LogP contribution in [0.4, 0.5) is 0 Å². The third-order valence-electron chi connectivity index (χ3n) is 2.88. The number of ketones is 1. The van der Waals surface area contributed by atoms with E-state index in [-0.39, 0.29) is 11.7 Å². The monoisotopic (exact) mass is 264 g/mol. The summed E-state index contributed by atoms with van der Waals surface area (Å²) in [4.78, 5) is 16.4. The van der Waals surface area contributed by atoms with Crippen molar-refractivity contribution in [1.29, 1.82) is 0 Å². The molecule has 1 aromatic rings. The summed E-state index contributed by atoms with van der Waals surface area (Å²) >= 11 is 0. The minimum absolute atomic E-state index is 0.0608. The van der Waals surface area contributed by atoms with Crippen LogP contribution in [0, 0.1) is 11.8 Å². The van der Waals surface area contributed by atoms with Crippen molar-refractivity contribution < 1.29 is 9.53 Å². The van der Waals surface area contributed by atoms with E-state index in [4.69, 9.17) is 10.5 Å². The van der Waals surface area contributed by atoms with Crippen LogP contribution in [0.2, 0.25) is 0 Å². The van der Waals surface area contributed by atoms with Crippen molar-refractivity contribution in [3.05, 3.63) is 24.0 Å². The molecule has 1 unspecified atom stereocenters. The largest absolute Gasteiger partial charge is 0.492 e. The maximum atomic E-state index is 12.4. The van der Waals surface area contributed by atoms with Gasteiger partial charge < -0.3 is 10.5 Å². The van der Waals surface area contributed by atoms with E-state index >= 15 is 0 Å². The fourth-order valence-corrected chi connectivity index (χ4v) is 1.97. The average molecular weight is 264 g/mol. The summed E-state index contributed by atoms with van der Waals surface area (Å²) in [7, 11) is 0. The van der Waals surface area contributed by atoms with Gasteiger partial charge in [-0.3, -0.25) is 9.78 Å². The molecule has 0 saturated heterocycles. The van der Waals surface area contributed by atoms with Crippen molar-refractivity contribution in [3.8, 4) is 5.75 Å². The molecule has 0 bridgehead atoms. The van der Waals surface area contributed by atoms with Crippen molar-refractivity contribution in [3.63, 3.8) is 0 Å². The first kappa shape index (κ1) is 15.6. The Hall–Kier alpha value is -1.42. The van der Waals surface area contributed by atoms with E-state index in [9.17, 15) is 4.79 Å². The second-order valence-corrected chi connectivity index (χ2v) is 5.18. The third-order valence-corrected chi connectivity index (χ3v) is 2.88. The summed E-state index contributed by atoms with van der Waals surface area (Å²) < 4.78 is 5.49. The summed E-state index contributed by atoms with van der Waals surface area (Å²) in [6.45, 7) is 7.22. The number of rotatable bonds is 8. The Morgan fingerprint density at radius 2 is 2.16 bits per heavy atom. The summed E-state index contributed by atoms with van der Waals surface area (Å²) in [5.41, 5.74) is 6.29.